The first-order valence-corrected chi connectivity index (χ1v) is 11.0. The highest BCUT2D eigenvalue weighted by molar-refractivity contribution is 5.47. The van der Waals surface area contributed by atoms with Crippen LogP contribution in [0.3, 0.4) is 0 Å². The van der Waals surface area contributed by atoms with E-state index in [1.54, 1.807) is 12.1 Å². The fourth-order valence-corrected chi connectivity index (χ4v) is 4.74. The van der Waals surface area contributed by atoms with Crippen LogP contribution in [-0.4, -0.2) is 57.0 Å². The number of aliphatic hydroxyl groups is 1. The quantitative estimate of drug-likeness (QED) is 0.586. The molecule has 1 aromatic heterocycles. The first-order valence-electron chi connectivity index (χ1n) is 11.0. The van der Waals surface area contributed by atoms with Crippen molar-refractivity contribution in [2.24, 2.45) is 0 Å². The van der Waals surface area contributed by atoms with Gasteiger partial charge in [-0.2, -0.15) is 5.10 Å². The highest BCUT2D eigenvalue weighted by atomic mass is 19.1. The van der Waals surface area contributed by atoms with Gasteiger partial charge in [0.15, 0.2) is 0 Å². The van der Waals surface area contributed by atoms with Crippen molar-refractivity contribution in [2.45, 2.75) is 44.0 Å². The van der Waals surface area contributed by atoms with Crippen molar-refractivity contribution in [2.75, 3.05) is 25.0 Å². The molecule has 1 aliphatic rings. The van der Waals surface area contributed by atoms with Gasteiger partial charge in [0.25, 0.3) is 0 Å². The number of hydrogen-bond donors (Lipinski definition) is 1. The second kappa shape index (κ2) is 9.52. The average molecular weight is 460 g/mol. The van der Waals surface area contributed by atoms with Crippen LogP contribution in [0.5, 0.6) is 0 Å². The summed E-state index contributed by atoms with van der Waals surface area (Å²) < 4.78 is 44.0. The minimum absolute atomic E-state index is 0.0116. The molecule has 2 heterocycles. The third-order valence-corrected chi connectivity index (χ3v) is 6.79. The molecule has 2 aromatic carbocycles. The van der Waals surface area contributed by atoms with E-state index in [0.717, 1.165) is 25.0 Å². The van der Waals surface area contributed by atoms with Crippen molar-refractivity contribution in [1.29, 1.82) is 0 Å². The molecule has 3 aromatic rings. The third kappa shape index (κ3) is 4.74. The first-order chi connectivity index (χ1) is 15.8. The maximum atomic E-state index is 14.8. The summed E-state index contributed by atoms with van der Waals surface area (Å²) in [5.41, 5.74) is -1.10. The molecule has 9 heteroatoms. The van der Waals surface area contributed by atoms with E-state index in [0.29, 0.717) is 18.8 Å². The van der Waals surface area contributed by atoms with Gasteiger partial charge in [0, 0.05) is 43.9 Å². The second-order valence-corrected chi connectivity index (χ2v) is 8.65. The lowest BCUT2D eigenvalue weighted by Gasteiger charge is -2.45. The Labute approximate surface area is 191 Å². The molecule has 4 rings (SSSR count). The molecule has 1 N–H and O–H groups in total. The molecule has 1 fully saturated rings. The monoisotopic (exact) mass is 459 g/mol. The number of likely N-dealkylation sites (tertiary alicyclic amines) is 1. The predicted octanol–water partition coefficient (Wildman–Crippen LogP) is 3.57. The standard InChI is InChI=1S/C24H28F3N5O/c1-17(31-11-9-19(10-12-31)30(2)23-6-4-3-5-21(23)26)24(33,14-32-16-28-15-29-32)20-8-7-18(25)13-22(20)27/h3-8,13,15-17,19,33H,9-12,14H2,1-2H3/t17-,24-/m1/s1. The van der Waals surface area contributed by atoms with E-state index in [9.17, 15) is 18.3 Å². The summed E-state index contributed by atoms with van der Waals surface area (Å²) in [6.07, 6.45) is 4.30. The molecule has 0 saturated carbocycles. The Kier molecular flexibility index (Phi) is 6.71. The van der Waals surface area contributed by atoms with Gasteiger partial charge in [-0.05, 0) is 38.0 Å². The van der Waals surface area contributed by atoms with Crippen LogP contribution < -0.4 is 4.90 Å². The Hall–Kier alpha value is -2.91. The summed E-state index contributed by atoms with van der Waals surface area (Å²) in [6, 6.07) is 9.55. The average Bonchev–Trinajstić information content (AvgIpc) is 3.31. The third-order valence-electron chi connectivity index (χ3n) is 6.79. The van der Waals surface area contributed by atoms with Crippen LogP contribution in [0.4, 0.5) is 18.9 Å². The zero-order valence-corrected chi connectivity index (χ0v) is 18.7. The Bertz CT molecular complexity index is 1070. The molecule has 1 aliphatic heterocycles. The maximum absolute atomic E-state index is 14.8. The lowest BCUT2D eigenvalue weighted by Crippen LogP contribution is -2.55. The second-order valence-electron chi connectivity index (χ2n) is 8.65. The summed E-state index contributed by atoms with van der Waals surface area (Å²) in [4.78, 5) is 7.96. The molecular weight excluding hydrogens is 431 g/mol. The summed E-state index contributed by atoms with van der Waals surface area (Å²) in [6.45, 7) is 3.06. The molecule has 1 saturated heterocycles. The van der Waals surface area contributed by atoms with Gasteiger partial charge in [0.1, 0.15) is 35.7 Å². The summed E-state index contributed by atoms with van der Waals surface area (Å²) in [7, 11) is 1.89. The molecule has 0 aliphatic carbocycles. The highest BCUT2D eigenvalue weighted by Gasteiger charge is 2.43. The van der Waals surface area contributed by atoms with Crippen molar-refractivity contribution < 1.29 is 18.3 Å². The molecule has 0 radical (unpaired) electrons. The maximum Gasteiger partial charge on any atom is 0.146 e. The molecule has 176 valence electrons. The predicted molar refractivity (Wildman–Crippen MR) is 119 cm³/mol. The van der Waals surface area contributed by atoms with Crippen molar-refractivity contribution in [1.82, 2.24) is 19.7 Å². The van der Waals surface area contributed by atoms with Gasteiger partial charge in [-0.1, -0.05) is 18.2 Å². The molecule has 2 atom stereocenters. The molecule has 0 bridgehead atoms. The molecule has 0 amide bonds. The smallest absolute Gasteiger partial charge is 0.146 e. The zero-order chi connectivity index (χ0) is 23.6. The molecule has 0 unspecified atom stereocenters. The topological polar surface area (TPSA) is 57.4 Å². The lowest BCUT2D eigenvalue weighted by atomic mass is 9.84. The minimum Gasteiger partial charge on any atom is -0.381 e. The number of para-hydroxylation sites is 1. The molecule has 0 spiro atoms. The van der Waals surface area contributed by atoms with Crippen LogP contribution in [0, 0.1) is 17.5 Å². The van der Waals surface area contributed by atoms with Crippen LogP contribution in [0.25, 0.3) is 0 Å². The SMILES string of the molecule is C[C@@H](N1CCC(N(C)c2ccccc2F)CC1)[C@](O)(Cn1cncn1)c1ccc(F)cc1F. The Balaban J connectivity index is 1.54. The Morgan fingerprint density at radius 3 is 2.48 bits per heavy atom. The fraction of sp³-hybridized carbons (Fsp3) is 0.417. The van der Waals surface area contributed by atoms with Crippen molar-refractivity contribution in [3.63, 3.8) is 0 Å². The van der Waals surface area contributed by atoms with Gasteiger partial charge in [-0.15, -0.1) is 0 Å². The van der Waals surface area contributed by atoms with E-state index in [2.05, 4.69) is 15.0 Å². The van der Waals surface area contributed by atoms with E-state index >= 15 is 0 Å². The van der Waals surface area contributed by atoms with E-state index in [-0.39, 0.29) is 24.0 Å². The van der Waals surface area contributed by atoms with Gasteiger partial charge in [-0.3, -0.25) is 4.90 Å². The number of anilines is 1. The number of hydrogen-bond acceptors (Lipinski definition) is 5. The first kappa shape index (κ1) is 23.3. The van der Waals surface area contributed by atoms with Crippen LogP contribution >= 0.6 is 0 Å². The number of nitrogens with zero attached hydrogens (tertiary/aromatic N) is 5. The van der Waals surface area contributed by atoms with Crippen LogP contribution in [0.2, 0.25) is 0 Å². The summed E-state index contributed by atoms with van der Waals surface area (Å²) >= 11 is 0. The van der Waals surface area contributed by atoms with Crippen LogP contribution in [0.15, 0.2) is 55.1 Å². The number of rotatable bonds is 7. The van der Waals surface area contributed by atoms with Crippen molar-refractivity contribution in [3.05, 3.63) is 78.1 Å². The largest absolute Gasteiger partial charge is 0.381 e. The minimum atomic E-state index is -1.67. The van der Waals surface area contributed by atoms with E-state index in [1.807, 2.05) is 24.9 Å². The van der Waals surface area contributed by atoms with E-state index in [1.165, 1.54) is 29.5 Å². The number of benzene rings is 2. The van der Waals surface area contributed by atoms with E-state index < -0.39 is 23.3 Å². The van der Waals surface area contributed by atoms with Crippen LogP contribution in [-0.2, 0) is 12.1 Å². The molecule has 6 nitrogen and oxygen atoms in total. The molecular formula is C24H28F3N5O. The Morgan fingerprint density at radius 2 is 1.85 bits per heavy atom. The fourth-order valence-electron chi connectivity index (χ4n) is 4.74. The van der Waals surface area contributed by atoms with Gasteiger partial charge in [0.2, 0.25) is 0 Å². The lowest BCUT2D eigenvalue weighted by molar-refractivity contribution is -0.0690. The summed E-state index contributed by atoms with van der Waals surface area (Å²) in [5.74, 6) is -1.77. The molecule has 33 heavy (non-hydrogen) atoms. The summed E-state index contributed by atoms with van der Waals surface area (Å²) in [5, 5.41) is 15.9. The van der Waals surface area contributed by atoms with Crippen molar-refractivity contribution in [3.8, 4) is 0 Å². The van der Waals surface area contributed by atoms with Crippen molar-refractivity contribution >= 4 is 5.69 Å². The van der Waals surface area contributed by atoms with E-state index in [4.69, 9.17) is 0 Å². The number of piperidine rings is 1. The van der Waals surface area contributed by atoms with Gasteiger partial charge in [-0.25, -0.2) is 22.8 Å². The van der Waals surface area contributed by atoms with Gasteiger partial charge >= 0.3 is 0 Å². The van der Waals surface area contributed by atoms with Gasteiger partial charge in [0.05, 0.1) is 12.2 Å². The highest BCUT2D eigenvalue weighted by Crippen LogP contribution is 2.34. The Morgan fingerprint density at radius 1 is 1.12 bits per heavy atom. The number of aromatic nitrogens is 3. The van der Waals surface area contributed by atoms with Crippen LogP contribution in [0.1, 0.15) is 25.3 Å². The van der Waals surface area contributed by atoms with Gasteiger partial charge < -0.3 is 10.0 Å². The number of halogens is 3. The zero-order valence-electron chi connectivity index (χ0n) is 18.7. The normalized spacial score (nSPS) is 18.1.